The van der Waals surface area contributed by atoms with E-state index in [0.717, 1.165) is 12.1 Å². The molecule has 0 radical (unpaired) electrons. The maximum absolute atomic E-state index is 14.0. The molecule has 3 N–H and O–H groups in total. The van der Waals surface area contributed by atoms with Crippen molar-refractivity contribution in [2.75, 3.05) is 0 Å². The molecule has 0 saturated heterocycles. The van der Waals surface area contributed by atoms with E-state index in [1.165, 1.54) is 30.5 Å². The summed E-state index contributed by atoms with van der Waals surface area (Å²) in [6.45, 7) is 1.75. The Morgan fingerprint density at radius 1 is 1.07 bits per heavy atom. The van der Waals surface area contributed by atoms with Crippen LogP contribution in [0.15, 0.2) is 84.0 Å². The van der Waals surface area contributed by atoms with Crippen LogP contribution in [0.2, 0.25) is 0 Å². The van der Waals surface area contributed by atoms with Crippen LogP contribution >= 0.6 is 0 Å². The first-order chi connectivity index (χ1) is 18.9. The highest BCUT2D eigenvalue weighted by atomic mass is 32.2. The summed E-state index contributed by atoms with van der Waals surface area (Å²) in [5, 5.41) is 4.01. The van der Waals surface area contributed by atoms with Crippen molar-refractivity contribution in [3.8, 4) is 17.2 Å². The number of alkyl halides is 3. The predicted molar refractivity (Wildman–Crippen MR) is 139 cm³/mol. The number of carbonyl (C=O) groups excluding carboxylic acids is 1. The maximum atomic E-state index is 14.0. The van der Waals surface area contributed by atoms with Crippen molar-refractivity contribution < 1.29 is 35.9 Å². The van der Waals surface area contributed by atoms with Crippen LogP contribution in [0.1, 0.15) is 40.1 Å². The highest BCUT2D eigenvalue weighted by molar-refractivity contribution is 7.90. The van der Waals surface area contributed by atoms with E-state index in [2.05, 4.69) is 5.10 Å². The maximum Gasteiger partial charge on any atom is 0.419 e. The van der Waals surface area contributed by atoms with Gasteiger partial charge in [0.2, 0.25) is 0 Å². The lowest BCUT2D eigenvalue weighted by molar-refractivity contribution is -0.139. The number of aromatic nitrogens is 2. The molecule has 40 heavy (non-hydrogen) atoms. The molecule has 1 unspecified atom stereocenters. The lowest BCUT2D eigenvalue weighted by Crippen LogP contribution is -2.30. The molecule has 13 heteroatoms. The average molecular weight is 575 g/mol. The second-order valence-corrected chi connectivity index (χ2v) is 10.5. The highest BCUT2D eigenvalue weighted by Crippen LogP contribution is 2.39. The zero-order valence-electron chi connectivity index (χ0n) is 21.3. The normalized spacial score (nSPS) is 12.6. The van der Waals surface area contributed by atoms with Crippen molar-refractivity contribution in [1.82, 2.24) is 14.5 Å². The highest BCUT2D eigenvalue weighted by Gasteiger charge is 2.36. The number of hydrogen-bond donors (Lipinski definition) is 2. The molecule has 1 atom stereocenters. The van der Waals surface area contributed by atoms with Crippen molar-refractivity contribution >= 4 is 15.9 Å². The van der Waals surface area contributed by atoms with Gasteiger partial charge in [0.1, 0.15) is 17.6 Å². The third-order valence-corrected chi connectivity index (χ3v) is 7.14. The minimum atomic E-state index is -4.90. The number of nitrogens with two attached hydrogens (primary N) is 1. The van der Waals surface area contributed by atoms with E-state index in [1.807, 2.05) is 0 Å². The molecule has 4 rings (SSSR count). The number of ether oxygens (including phenoxy) is 2. The van der Waals surface area contributed by atoms with Gasteiger partial charge in [0.15, 0.2) is 5.75 Å². The zero-order valence-corrected chi connectivity index (χ0v) is 22.2. The van der Waals surface area contributed by atoms with E-state index < -0.39 is 45.1 Å². The van der Waals surface area contributed by atoms with Crippen LogP contribution in [0, 0.1) is 0 Å². The first-order valence-corrected chi connectivity index (χ1v) is 13.3. The number of carbonyl (C=O) groups is 1. The first kappa shape index (κ1) is 28.6. The van der Waals surface area contributed by atoms with E-state index in [1.54, 1.807) is 53.8 Å². The summed E-state index contributed by atoms with van der Waals surface area (Å²) in [7, 11) is -2.61. The molecule has 4 aromatic rings. The Morgan fingerprint density at radius 2 is 1.80 bits per heavy atom. The monoisotopic (exact) mass is 574 g/mol. The Kier molecular flexibility index (Phi) is 8.16. The Labute approximate surface area is 228 Å². The summed E-state index contributed by atoms with van der Waals surface area (Å²) in [4.78, 5) is 12.4. The number of halogens is 3. The van der Waals surface area contributed by atoms with E-state index in [4.69, 9.17) is 15.2 Å². The lowest BCUT2D eigenvalue weighted by atomic mass is 10.1. The van der Waals surface area contributed by atoms with Gasteiger partial charge in [-0.3, -0.25) is 9.48 Å². The number of hydrogen-bond acceptors (Lipinski definition) is 7. The van der Waals surface area contributed by atoms with E-state index in [9.17, 15) is 26.4 Å². The van der Waals surface area contributed by atoms with E-state index in [0.29, 0.717) is 28.7 Å². The van der Waals surface area contributed by atoms with Gasteiger partial charge < -0.3 is 15.2 Å². The molecule has 0 spiro atoms. The molecule has 0 saturated carbocycles. The van der Waals surface area contributed by atoms with E-state index in [-0.39, 0.29) is 11.4 Å². The topological polar surface area (TPSA) is 126 Å². The van der Waals surface area contributed by atoms with Crippen LogP contribution in [0.5, 0.6) is 17.2 Å². The van der Waals surface area contributed by atoms with Gasteiger partial charge in [-0.25, -0.2) is 13.1 Å². The molecule has 0 fully saturated rings. The molecular weight excluding hydrogens is 549 g/mol. The third kappa shape index (κ3) is 6.79. The minimum Gasteiger partial charge on any atom is -0.485 e. The number of sulfonamides is 1. The predicted octanol–water partition coefficient (Wildman–Crippen LogP) is 4.95. The summed E-state index contributed by atoms with van der Waals surface area (Å²) < 4.78 is 81.8. The fourth-order valence-corrected chi connectivity index (χ4v) is 4.69. The minimum absolute atomic E-state index is 0.185. The van der Waals surface area contributed by atoms with Gasteiger partial charge in [-0.15, -0.1) is 0 Å². The Hall–Kier alpha value is -4.36. The van der Waals surface area contributed by atoms with Crippen molar-refractivity contribution in [2.45, 2.75) is 30.6 Å². The van der Waals surface area contributed by atoms with Gasteiger partial charge in [0.25, 0.3) is 15.9 Å². The van der Waals surface area contributed by atoms with Gasteiger partial charge in [-0.1, -0.05) is 24.3 Å². The third-order valence-electron chi connectivity index (χ3n) is 5.79. The van der Waals surface area contributed by atoms with Crippen LogP contribution in [0.4, 0.5) is 13.2 Å². The molecule has 0 aliphatic carbocycles. The fourth-order valence-electron chi connectivity index (χ4n) is 3.72. The number of aryl methyl sites for hydroxylation is 1. The van der Waals surface area contributed by atoms with Crippen LogP contribution < -0.4 is 19.9 Å². The molecule has 9 nitrogen and oxygen atoms in total. The Balaban J connectivity index is 1.54. The summed E-state index contributed by atoms with van der Waals surface area (Å²) >= 11 is 0. The summed E-state index contributed by atoms with van der Waals surface area (Å²) in [6.07, 6.45) is -2.56. The largest absolute Gasteiger partial charge is 0.485 e. The fraction of sp³-hybridized carbons (Fsp3) is 0.185. The van der Waals surface area contributed by atoms with Gasteiger partial charge >= 0.3 is 6.18 Å². The molecule has 0 aliphatic rings. The number of benzene rings is 3. The molecule has 0 bridgehead atoms. The van der Waals surface area contributed by atoms with Gasteiger partial charge in [-0.2, -0.15) is 18.3 Å². The number of rotatable bonds is 9. The lowest BCUT2D eigenvalue weighted by Gasteiger charge is -2.20. The van der Waals surface area contributed by atoms with Crippen LogP contribution in [0.3, 0.4) is 0 Å². The summed E-state index contributed by atoms with van der Waals surface area (Å²) in [5.74, 6) is -0.845. The molecule has 0 aliphatic heterocycles. The quantitative estimate of drug-likeness (QED) is 0.290. The Bertz CT molecular complexity index is 1620. The molecule has 1 aromatic heterocycles. The van der Waals surface area contributed by atoms with Crippen molar-refractivity contribution in [2.24, 2.45) is 12.8 Å². The molecule has 3 aromatic carbocycles. The number of amides is 1. The Morgan fingerprint density at radius 3 is 2.42 bits per heavy atom. The van der Waals surface area contributed by atoms with Crippen molar-refractivity contribution in [3.05, 3.63) is 101 Å². The zero-order chi connectivity index (χ0) is 29.1. The smallest absolute Gasteiger partial charge is 0.419 e. The molecule has 1 amide bonds. The van der Waals surface area contributed by atoms with E-state index >= 15 is 0 Å². The van der Waals surface area contributed by atoms with Crippen molar-refractivity contribution in [3.63, 3.8) is 0 Å². The van der Waals surface area contributed by atoms with Gasteiger partial charge in [-0.05, 0) is 60.5 Å². The summed E-state index contributed by atoms with van der Waals surface area (Å²) in [6, 6.07) is 14.6. The summed E-state index contributed by atoms with van der Waals surface area (Å²) in [5.41, 5.74) is 4.94. The van der Waals surface area contributed by atoms with Crippen LogP contribution in [0.25, 0.3) is 0 Å². The molecule has 210 valence electrons. The number of nitrogens with zero attached hydrogens (tertiary/aromatic N) is 2. The van der Waals surface area contributed by atoms with Gasteiger partial charge in [0, 0.05) is 19.2 Å². The van der Waals surface area contributed by atoms with Crippen LogP contribution in [-0.4, -0.2) is 24.1 Å². The standard InChI is InChI=1S/C27H25F3N4O5S/c1-17(19-4-3-5-21(12-19)39-22-15-32-34(2)16-22)38-25-11-8-20(13-24(25)27(28,29)30)26(35)33-40(36,37)23-9-6-18(14-31)7-10-23/h3-13,15-17H,14,31H2,1-2H3,(H,33,35). The SMILES string of the molecule is CC(Oc1ccc(C(=O)NS(=O)(=O)c2ccc(CN)cc2)cc1C(F)(F)F)c1cccc(Oc2cnn(C)c2)c1. The molecule has 1 heterocycles. The van der Waals surface area contributed by atoms with Crippen molar-refractivity contribution in [1.29, 1.82) is 0 Å². The van der Waals surface area contributed by atoms with Gasteiger partial charge in [0.05, 0.1) is 22.9 Å². The second kappa shape index (κ2) is 11.4. The number of nitrogens with one attached hydrogen (secondary N) is 1. The molecular formula is C27H25F3N4O5S. The first-order valence-electron chi connectivity index (χ1n) is 11.9. The van der Waals surface area contributed by atoms with Crippen LogP contribution in [-0.2, 0) is 29.8 Å². The average Bonchev–Trinajstić information content (AvgIpc) is 3.32. The second-order valence-electron chi connectivity index (χ2n) is 8.78.